The number of esters is 1. The zero-order valence-corrected chi connectivity index (χ0v) is 8.47. The van der Waals surface area contributed by atoms with E-state index in [2.05, 4.69) is 14.8 Å². The van der Waals surface area contributed by atoms with Crippen LogP contribution in [0, 0.1) is 0 Å². The lowest BCUT2D eigenvalue weighted by Crippen LogP contribution is -2.03. The Hall–Kier alpha value is -0.610. The standard InChI is InChI=1S/C5H10O3.C4H9N/c1-7-4-3-5(6)8-2;1-2-4-5-3-1/h3-4H2,1-2H3;5H,1-4H2. The van der Waals surface area contributed by atoms with Crippen molar-refractivity contribution in [2.24, 2.45) is 0 Å². The largest absolute Gasteiger partial charge is 0.469 e. The molecule has 0 aromatic heterocycles. The number of hydrogen-bond donors (Lipinski definition) is 1. The van der Waals surface area contributed by atoms with Gasteiger partial charge in [0.25, 0.3) is 0 Å². The summed E-state index contributed by atoms with van der Waals surface area (Å²) in [5, 5.41) is 3.22. The highest BCUT2D eigenvalue weighted by Crippen LogP contribution is 1.90. The zero-order valence-electron chi connectivity index (χ0n) is 8.47. The van der Waals surface area contributed by atoms with Crippen LogP contribution in [0.4, 0.5) is 0 Å². The molecule has 1 rings (SSSR count). The van der Waals surface area contributed by atoms with Crippen LogP contribution in [0.5, 0.6) is 0 Å². The second kappa shape index (κ2) is 9.48. The van der Waals surface area contributed by atoms with Crippen molar-refractivity contribution >= 4 is 5.97 Å². The van der Waals surface area contributed by atoms with Crippen molar-refractivity contribution in [1.29, 1.82) is 0 Å². The van der Waals surface area contributed by atoms with E-state index in [1.165, 1.54) is 33.0 Å². The van der Waals surface area contributed by atoms with Crippen molar-refractivity contribution in [3.05, 3.63) is 0 Å². The number of ether oxygens (including phenoxy) is 2. The molecular formula is C9H19NO3. The van der Waals surface area contributed by atoms with E-state index in [0.717, 1.165) is 0 Å². The van der Waals surface area contributed by atoms with Gasteiger partial charge in [-0.1, -0.05) is 0 Å². The van der Waals surface area contributed by atoms with Gasteiger partial charge in [0, 0.05) is 7.11 Å². The molecule has 13 heavy (non-hydrogen) atoms. The second-order valence-corrected chi connectivity index (χ2v) is 2.78. The number of hydrogen-bond acceptors (Lipinski definition) is 4. The summed E-state index contributed by atoms with van der Waals surface area (Å²) in [6.45, 7) is 2.94. The van der Waals surface area contributed by atoms with Gasteiger partial charge >= 0.3 is 5.97 Å². The minimum atomic E-state index is -0.230. The molecule has 0 amide bonds. The first-order valence-corrected chi connectivity index (χ1v) is 4.57. The molecular weight excluding hydrogens is 170 g/mol. The third kappa shape index (κ3) is 9.30. The van der Waals surface area contributed by atoms with E-state index in [4.69, 9.17) is 0 Å². The smallest absolute Gasteiger partial charge is 0.307 e. The topological polar surface area (TPSA) is 47.6 Å². The fourth-order valence-corrected chi connectivity index (χ4v) is 0.912. The van der Waals surface area contributed by atoms with Gasteiger partial charge in [-0.2, -0.15) is 0 Å². The molecule has 0 aromatic rings. The van der Waals surface area contributed by atoms with Crippen LogP contribution in [0.3, 0.4) is 0 Å². The van der Waals surface area contributed by atoms with Crippen molar-refractivity contribution in [1.82, 2.24) is 5.32 Å². The lowest BCUT2D eigenvalue weighted by Gasteiger charge is -1.94. The summed E-state index contributed by atoms with van der Waals surface area (Å²) in [4.78, 5) is 10.3. The first-order chi connectivity index (χ1) is 6.31. The van der Waals surface area contributed by atoms with Gasteiger partial charge in [0.2, 0.25) is 0 Å². The van der Waals surface area contributed by atoms with E-state index >= 15 is 0 Å². The van der Waals surface area contributed by atoms with Crippen molar-refractivity contribution in [3.8, 4) is 0 Å². The molecule has 78 valence electrons. The second-order valence-electron chi connectivity index (χ2n) is 2.78. The maximum atomic E-state index is 10.3. The van der Waals surface area contributed by atoms with Crippen LogP contribution in [-0.4, -0.2) is 39.9 Å². The molecule has 1 saturated heterocycles. The summed E-state index contributed by atoms with van der Waals surface area (Å²) in [6, 6.07) is 0. The summed E-state index contributed by atoms with van der Waals surface area (Å²) >= 11 is 0. The fraction of sp³-hybridized carbons (Fsp3) is 0.889. The van der Waals surface area contributed by atoms with Gasteiger partial charge in [0.15, 0.2) is 0 Å². The molecule has 0 saturated carbocycles. The maximum absolute atomic E-state index is 10.3. The van der Waals surface area contributed by atoms with Crippen molar-refractivity contribution in [3.63, 3.8) is 0 Å². The molecule has 0 spiro atoms. The van der Waals surface area contributed by atoms with Gasteiger partial charge in [0.1, 0.15) is 0 Å². The Morgan fingerprint density at radius 2 is 1.92 bits per heavy atom. The highest BCUT2D eigenvalue weighted by atomic mass is 16.5. The Morgan fingerprint density at radius 1 is 1.31 bits per heavy atom. The van der Waals surface area contributed by atoms with E-state index < -0.39 is 0 Å². The van der Waals surface area contributed by atoms with Crippen LogP contribution in [0.15, 0.2) is 0 Å². The van der Waals surface area contributed by atoms with Crippen LogP contribution in [0.25, 0.3) is 0 Å². The van der Waals surface area contributed by atoms with Crippen molar-refractivity contribution in [2.75, 3.05) is 33.9 Å². The van der Waals surface area contributed by atoms with Gasteiger partial charge < -0.3 is 14.8 Å². The summed E-state index contributed by atoms with van der Waals surface area (Å²) < 4.78 is 8.95. The summed E-state index contributed by atoms with van der Waals surface area (Å²) in [5.74, 6) is -0.230. The Labute approximate surface area is 79.6 Å². The monoisotopic (exact) mass is 189 g/mol. The Bertz CT molecular complexity index is 116. The van der Waals surface area contributed by atoms with Crippen LogP contribution in [0.2, 0.25) is 0 Å². The highest BCUT2D eigenvalue weighted by molar-refractivity contribution is 5.69. The Kier molecular flexibility index (Phi) is 9.03. The third-order valence-electron chi connectivity index (χ3n) is 1.70. The van der Waals surface area contributed by atoms with E-state index in [0.29, 0.717) is 13.0 Å². The molecule has 4 heteroatoms. The molecule has 0 aromatic carbocycles. The van der Waals surface area contributed by atoms with Crippen molar-refractivity contribution < 1.29 is 14.3 Å². The molecule has 1 aliphatic heterocycles. The quantitative estimate of drug-likeness (QED) is 0.659. The molecule has 1 aliphatic rings. The molecule has 0 aliphatic carbocycles. The predicted molar refractivity (Wildman–Crippen MR) is 50.6 cm³/mol. The lowest BCUT2D eigenvalue weighted by atomic mass is 10.4. The number of rotatable bonds is 3. The summed E-state index contributed by atoms with van der Waals surface area (Å²) in [7, 11) is 2.90. The van der Waals surface area contributed by atoms with E-state index in [1.54, 1.807) is 7.11 Å². The molecule has 4 nitrogen and oxygen atoms in total. The van der Waals surface area contributed by atoms with Gasteiger partial charge in [0.05, 0.1) is 20.1 Å². The molecule has 0 bridgehead atoms. The Morgan fingerprint density at radius 3 is 2.23 bits per heavy atom. The molecule has 1 heterocycles. The minimum Gasteiger partial charge on any atom is -0.469 e. The summed E-state index contributed by atoms with van der Waals surface area (Å²) in [5.41, 5.74) is 0. The molecule has 1 fully saturated rings. The molecule has 0 radical (unpaired) electrons. The van der Waals surface area contributed by atoms with Crippen LogP contribution in [-0.2, 0) is 14.3 Å². The average molecular weight is 189 g/mol. The van der Waals surface area contributed by atoms with Crippen molar-refractivity contribution in [2.45, 2.75) is 19.3 Å². The average Bonchev–Trinajstić information content (AvgIpc) is 2.72. The van der Waals surface area contributed by atoms with Crippen LogP contribution >= 0.6 is 0 Å². The Balaban J connectivity index is 0.000000243. The first kappa shape index (κ1) is 12.4. The SMILES string of the molecule is C1CCNC1.COCCC(=O)OC. The lowest BCUT2D eigenvalue weighted by molar-refractivity contribution is -0.141. The normalized spacial score (nSPS) is 14.6. The maximum Gasteiger partial charge on any atom is 0.307 e. The van der Waals surface area contributed by atoms with E-state index in [9.17, 15) is 4.79 Å². The number of methoxy groups -OCH3 is 2. The molecule has 0 unspecified atom stereocenters. The van der Waals surface area contributed by atoms with Crippen LogP contribution < -0.4 is 5.32 Å². The van der Waals surface area contributed by atoms with Crippen LogP contribution in [0.1, 0.15) is 19.3 Å². The highest BCUT2D eigenvalue weighted by Gasteiger charge is 1.95. The van der Waals surface area contributed by atoms with Gasteiger partial charge in [-0.3, -0.25) is 4.79 Å². The van der Waals surface area contributed by atoms with Gasteiger partial charge in [-0.15, -0.1) is 0 Å². The van der Waals surface area contributed by atoms with E-state index in [1.807, 2.05) is 0 Å². The van der Waals surface area contributed by atoms with Gasteiger partial charge in [-0.25, -0.2) is 0 Å². The number of carbonyl (C=O) groups is 1. The van der Waals surface area contributed by atoms with E-state index in [-0.39, 0.29) is 5.97 Å². The molecule has 0 atom stereocenters. The zero-order chi connectivity index (χ0) is 9.94. The first-order valence-electron chi connectivity index (χ1n) is 4.57. The predicted octanol–water partition coefficient (Wildman–Crippen LogP) is 0.566. The number of nitrogens with one attached hydrogen (secondary N) is 1. The minimum absolute atomic E-state index is 0.230. The summed E-state index contributed by atoms with van der Waals surface area (Å²) in [6.07, 6.45) is 3.12. The number of carbonyl (C=O) groups excluding carboxylic acids is 1. The third-order valence-corrected chi connectivity index (χ3v) is 1.70. The molecule has 1 N–H and O–H groups in total. The fourth-order valence-electron chi connectivity index (χ4n) is 0.912. The van der Waals surface area contributed by atoms with Gasteiger partial charge in [-0.05, 0) is 25.9 Å².